The molecular formula is C23H29N3O4S. The Morgan fingerprint density at radius 3 is 2.48 bits per heavy atom. The van der Waals surface area contributed by atoms with Gasteiger partial charge in [0, 0.05) is 24.7 Å². The van der Waals surface area contributed by atoms with Crippen molar-refractivity contribution in [2.45, 2.75) is 37.5 Å². The van der Waals surface area contributed by atoms with Gasteiger partial charge in [-0.25, -0.2) is 8.42 Å². The van der Waals surface area contributed by atoms with Crippen LogP contribution in [0.4, 0.5) is 17.1 Å². The van der Waals surface area contributed by atoms with Gasteiger partial charge in [0.15, 0.2) is 0 Å². The Morgan fingerprint density at radius 1 is 1.10 bits per heavy atom. The van der Waals surface area contributed by atoms with E-state index in [-0.39, 0.29) is 16.7 Å². The maximum absolute atomic E-state index is 13.5. The number of hydrogen-bond acceptors (Lipinski definition) is 5. The molecule has 2 unspecified atom stereocenters. The first-order valence-electron chi connectivity index (χ1n) is 10.7. The number of amides is 1. The fraction of sp³-hybridized carbons (Fsp3) is 0.435. The highest BCUT2D eigenvalue weighted by molar-refractivity contribution is 7.93. The molecular weight excluding hydrogens is 414 g/mol. The molecule has 0 aromatic heterocycles. The summed E-state index contributed by atoms with van der Waals surface area (Å²) in [5.41, 5.74) is 1.51. The number of benzene rings is 2. The minimum absolute atomic E-state index is 0.00790. The predicted molar refractivity (Wildman–Crippen MR) is 122 cm³/mol. The van der Waals surface area contributed by atoms with Gasteiger partial charge in [-0.2, -0.15) is 0 Å². The molecule has 0 radical (unpaired) electrons. The summed E-state index contributed by atoms with van der Waals surface area (Å²) in [5, 5.41) is 2.89. The van der Waals surface area contributed by atoms with Crippen molar-refractivity contribution in [3.63, 3.8) is 0 Å². The average Bonchev–Trinajstić information content (AvgIpc) is 3.51. The van der Waals surface area contributed by atoms with Crippen molar-refractivity contribution in [1.82, 2.24) is 0 Å². The first-order valence-corrected chi connectivity index (χ1v) is 12.2. The van der Waals surface area contributed by atoms with E-state index in [4.69, 9.17) is 4.74 Å². The summed E-state index contributed by atoms with van der Waals surface area (Å²) in [5.74, 6) is 0.772. The van der Waals surface area contributed by atoms with Gasteiger partial charge >= 0.3 is 0 Å². The molecule has 2 atom stereocenters. The van der Waals surface area contributed by atoms with E-state index in [2.05, 4.69) is 14.9 Å². The van der Waals surface area contributed by atoms with E-state index in [0.717, 1.165) is 38.8 Å². The molecule has 8 heteroatoms. The molecule has 1 saturated heterocycles. The lowest BCUT2D eigenvalue weighted by Gasteiger charge is -2.30. The van der Waals surface area contributed by atoms with Gasteiger partial charge in [0.1, 0.15) is 10.6 Å². The van der Waals surface area contributed by atoms with Crippen molar-refractivity contribution in [3.05, 3.63) is 42.5 Å². The standard InChI is InChI=1S/C23H29N3O4S/c1-16-14-18(16)23(27)24-17-10-11-20(26-12-6-3-7-13-26)22(15-17)31(28,29)25-19-8-4-5-9-21(19)30-2/h4-5,8-11,15-16,18,25H,3,6-7,12-14H2,1-2H3,(H,24,27). The molecule has 2 fully saturated rings. The van der Waals surface area contributed by atoms with Crippen LogP contribution in [0, 0.1) is 11.8 Å². The molecule has 1 aliphatic heterocycles. The van der Waals surface area contributed by atoms with Gasteiger partial charge in [0.2, 0.25) is 5.91 Å². The van der Waals surface area contributed by atoms with Crippen molar-refractivity contribution in [2.24, 2.45) is 11.8 Å². The molecule has 166 valence electrons. The van der Waals surface area contributed by atoms with Crippen LogP contribution in [0.1, 0.15) is 32.6 Å². The predicted octanol–water partition coefficient (Wildman–Crippen LogP) is 4.08. The van der Waals surface area contributed by atoms with E-state index < -0.39 is 10.0 Å². The van der Waals surface area contributed by atoms with E-state index in [1.165, 1.54) is 7.11 Å². The number of nitrogens with one attached hydrogen (secondary N) is 2. The topological polar surface area (TPSA) is 87.7 Å². The Balaban J connectivity index is 1.69. The molecule has 2 aromatic carbocycles. The van der Waals surface area contributed by atoms with Crippen LogP contribution >= 0.6 is 0 Å². The summed E-state index contributed by atoms with van der Waals surface area (Å²) in [4.78, 5) is 14.7. The number of ether oxygens (including phenoxy) is 1. The van der Waals surface area contributed by atoms with Gasteiger partial charge in [-0.05, 0) is 61.9 Å². The number of hydrogen-bond donors (Lipinski definition) is 2. The maximum Gasteiger partial charge on any atom is 0.264 e. The van der Waals surface area contributed by atoms with Gasteiger partial charge in [-0.1, -0.05) is 19.1 Å². The first kappa shape index (κ1) is 21.5. The second-order valence-corrected chi connectivity index (χ2v) is 10.00. The molecule has 1 amide bonds. The van der Waals surface area contributed by atoms with E-state index >= 15 is 0 Å². The van der Waals surface area contributed by atoms with E-state index in [9.17, 15) is 13.2 Å². The van der Waals surface area contributed by atoms with Gasteiger partial charge < -0.3 is 15.0 Å². The van der Waals surface area contributed by atoms with Crippen LogP contribution in [-0.4, -0.2) is 34.5 Å². The minimum atomic E-state index is -3.92. The second-order valence-electron chi connectivity index (χ2n) is 8.34. The molecule has 4 rings (SSSR count). The summed E-state index contributed by atoms with van der Waals surface area (Å²) in [6.07, 6.45) is 4.07. The summed E-state index contributed by atoms with van der Waals surface area (Å²) in [6.45, 7) is 3.65. The van der Waals surface area contributed by atoms with Crippen LogP contribution in [0.2, 0.25) is 0 Å². The van der Waals surface area contributed by atoms with Crippen LogP contribution < -0.4 is 19.7 Å². The van der Waals surface area contributed by atoms with Gasteiger partial charge in [-0.15, -0.1) is 0 Å². The Kier molecular flexibility index (Phi) is 6.09. The van der Waals surface area contributed by atoms with Gasteiger partial charge in [0.25, 0.3) is 10.0 Å². The Hall–Kier alpha value is -2.74. The number of carbonyl (C=O) groups is 1. The van der Waals surface area contributed by atoms with Gasteiger partial charge in [-0.3, -0.25) is 9.52 Å². The van der Waals surface area contributed by atoms with Crippen molar-refractivity contribution < 1.29 is 17.9 Å². The van der Waals surface area contributed by atoms with Crippen LogP contribution in [0.3, 0.4) is 0 Å². The lowest BCUT2D eigenvalue weighted by molar-refractivity contribution is -0.117. The highest BCUT2D eigenvalue weighted by atomic mass is 32.2. The van der Waals surface area contributed by atoms with Crippen LogP contribution in [0.5, 0.6) is 5.75 Å². The summed E-state index contributed by atoms with van der Waals surface area (Å²) in [6, 6.07) is 12.1. The molecule has 0 spiro atoms. The molecule has 0 bridgehead atoms. The van der Waals surface area contributed by atoms with Crippen molar-refractivity contribution >= 4 is 33.0 Å². The number of piperidine rings is 1. The Bertz CT molecular complexity index is 1060. The van der Waals surface area contributed by atoms with Crippen molar-refractivity contribution in [2.75, 3.05) is 35.1 Å². The maximum atomic E-state index is 13.5. The minimum Gasteiger partial charge on any atom is -0.495 e. The number of sulfonamides is 1. The van der Waals surface area contributed by atoms with Crippen molar-refractivity contribution in [1.29, 1.82) is 0 Å². The van der Waals surface area contributed by atoms with Crippen LogP contribution in [0.15, 0.2) is 47.4 Å². The van der Waals surface area contributed by atoms with Crippen LogP contribution in [0.25, 0.3) is 0 Å². The highest BCUT2D eigenvalue weighted by Crippen LogP contribution is 2.39. The normalized spacial score (nSPS) is 20.8. The molecule has 7 nitrogen and oxygen atoms in total. The van der Waals surface area contributed by atoms with E-state index in [1.807, 2.05) is 6.92 Å². The Morgan fingerprint density at radius 2 is 1.81 bits per heavy atom. The fourth-order valence-corrected chi connectivity index (χ4v) is 5.38. The SMILES string of the molecule is COc1ccccc1NS(=O)(=O)c1cc(NC(=O)C2CC2C)ccc1N1CCCCC1. The number of anilines is 3. The zero-order valence-electron chi connectivity index (χ0n) is 17.9. The molecule has 2 aliphatic rings. The third-order valence-electron chi connectivity index (χ3n) is 6.01. The number of rotatable bonds is 7. The molecule has 1 saturated carbocycles. The Labute approximate surface area is 183 Å². The average molecular weight is 444 g/mol. The lowest BCUT2D eigenvalue weighted by Crippen LogP contribution is -2.31. The molecule has 1 aliphatic carbocycles. The molecule has 2 N–H and O–H groups in total. The fourth-order valence-electron chi connectivity index (χ4n) is 4.05. The smallest absolute Gasteiger partial charge is 0.264 e. The molecule has 2 aromatic rings. The number of nitrogens with zero attached hydrogens (tertiary/aromatic N) is 1. The summed E-state index contributed by atoms with van der Waals surface area (Å²) in [7, 11) is -2.42. The van der Waals surface area contributed by atoms with E-state index in [1.54, 1.807) is 42.5 Å². The summed E-state index contributed by atoms with van der Waals surface area (Å²) >= 11 is 0. The lowest BCUT2D eigenvalue weighted by atomic mass is 10.1. The summed E-state index contributed by atoms with van der Waals surface area (Å²) < 4.78 is 34.9. The van der Waals surface area contributed by atoms with Crippen molar-refractivity contribution in [3.8, 4) is 5.75 Å². The van der Waals surface area contributed by atoms with Crippen LogP contribution in [-0.2, 0) is 14.8 Å². The third-order valence-corrected chi connectivity index (χ3v) is 7.41. The largest absolute Gasteiger partial charge is 0.495 e. The quantitative estimate of drug-likeness (QED) is 0.673. The monoisotopic (exact) mass is 443 g/mol. The first-order chi connectivity index (χ1) is 14.9. The van der Waals surface area contributed by atoms with E-state index in [0.29, 0.717) is 28.7 Å². The third kappa shape index (κ3) is 4.79. The van der Waals surface area contributed by atoms with Gasteiger partial charge in [0.05, 0.1) is 18.5 Å². The molecule has 1 heterocycles. The zero-order valence-corrected chi connectivity index (χ0v) is 18.7. The molecule has 31 heavy (non-hydrogen) atoms. The number of methoxy groups -OCH3 is 1. The number of para-hydroxylation sites is 2. The second kappa shape index (κ2) is 8.78. The number of carbonyl (C=O) groups excluding carboxylic acids is 1. The highest BCUT2D eigenvalue weighted by Gasteiger charge is 2.39. The zero-order chi connectivity index (χ0) is 22.0.